The van der Waals surface area contributed by atoms with Crippen molar-refractivity contribution in [3.05, 3.63) is 164 Å². The minimum Gasteiger partial charge on any atom is -0.455 e. The van der Waals surface area contributed by atoms with E-state index in [0.29, 0.717) is 0 Å². The lowest BCUT2D eigenvalue weighted by molar-refractivity contribution is 0.670. The number of hydrogen-bond donors (Lipinski definition) is 0. The summed E-state index contributed by atoms with van der Waals surface area (Å²) >= 11 is 1.86. The average Bonchev–Trinajstić information content (AvgIpc) is 3.82. The molecule has 0 unspecified atom stereocenters. The van der Waals surface area contributed by atoms with Gasteiger partial charge in [0.2, 0.25) is 0 Å². The molecule has 10 aromatic rings. The molecule has 0 atom stereocenters. The smallest absolute Gasteiger partial charge is 0.143 e. The van der Waals surface area contributed by atoms with Crippen LogP contribution in [0.25, 0.3) is 75.1 Å². The van der Waals surface area contributed by atoms with Crippen molar-refractivity contribution in [2.75, 3.05) is 4.90 Å². The SMILES string of the molecule is C[Si]1(C)c2cc(N(c3cccc(-c4ccc5ccccc5c4)c3)c3ccc4sc5ccccc5c4c3)ccc2-c2c1ccc1c2oc2ccccc21. The first-order valence-corrected chi connectivity index (χ1v) is 21.7. The van der Waals surface area contributed by atoms with Gasteiger partial charge in [0.25, 0.3) is 0 Å². The topological polar surface area (TPSA) is 16.4 Å². The van der Waals surface area contributed by atoms with Crippen molar-refractivity contribution >= 4 is 99.7 Å². The normalized spacial score (nSPS) is 13.3. The van der Waals surface area contributed by atoms with Crippen molar-refractivity contribution in [2.45, 2.75) is 13.1 Å². The Kier molecular flexibility index (Phi) is 6.31. The lowest BCUT2D eigenvalue weighted by atomic mass is 10.00. The summed E-state index contributed by atoms with van der Waals surface area (Å²) in [5.74, 6) is 0. The van der Waals surface area contributed by atoms with E-state index in [0.717, 1.165) is 22.5 Å². The minimum absolute atomic E-state index is 0.948. The summed E-state index contributed by atoms with van der Waals surface area (Å²) in [5.41, 5.74) is 10.4. The summed E-state index contributed by atoms with van der Waals surface area (Å²) in [6.07, 6.45) is 0. The molecule has 0 saturated carbocycles. The van der Waals surface area contributed by atoms with E-state index in [2.05, 4.69) is 182 Å². The number of nitrogens with zero attached hydrogens (tertiary/aromatic N) is 1. The molecule has 11 rings (SSSR count). The predicted molar refractivity (Wildman–Crippen MR) is 226 cm³/mol. The molecule has 0 fully saturated rings. The largest absolute Gasteiger partial charge is 0.455 e. The van der Waals surface area contributed by atoms with Crippen LogP contribution in [0.3, 0.4) is 0 Å². The molecular formula is C48H33NOSSi. The first-order valence-electron chi connectivity index (χ1n) is 17.9. The van der Waals surface area contributed by atoms with Crippen LogP contribution in [-0.2, 0) is 0 Å². The molecule has 8 aromatic carbocycles. The highest BCUT2D eigenvalue weighted by Gasteiger charge is 2.40. The van der Waals surface area contributed by atoms with Gasteiger partial charge in [0.15, 0.2) is 0 Å². The van der Waals surface area contributed by atoms with Crippen LogP contribution >= 0.6 is 11.3 Å². The van der Waals surface area contributed by atoms with Gasteiger partial charge in [0.1, 0.15) is 19.2 Å². The standard InChI is InChI=1S/C48H33NOSSi/c1-52(2)45-25-23-39-37-14-5-7-16-42(37)50-48(39)47(45)40-22-20-36(29-46(40)52)49(35-21-24-44-41(28-35)38-15-6-8-17-43(38)51-44)34-13-9-12-32(27-34)33-19-18-30-10-3-4-11-31(30)26-33/h3-29H,1-2H3. The quantitative estimate of drug-likeness (QED) is 0.170. The van der Waals surface area contributed by atoms with Gasteiger partial charge in [-0.1, -0.05) is 116 Å². The summed E-state index contributed by atoms with van der Waals surface area (Å²) in [4.78, 5) is 2.46. The number of thiophene rings is 1. The highest BCUT2D eigenvalue weighted by atomic mass is 32.1. The van der Waals surface area contributed by atoms with E-state index in [-0.39, 0.29) is 0 Å². The van der Waals surface area contributed by atoms with Crippen LogP contribution in [0.5, 0.6) is 0 Å². The van der Waals surface area contributed by atoms with Crippen molar-refractivity contribution in [1.29, 1.82) is 0 Å². The van der Waals surface area contributed by atoms with E-state index in [1.54, 1.807) is 0 Å². The molecule has 3 heterocycles. The van der Waals surface area contributed by atoms with Gasteiger partial charge in [-0.05, 0) is 98.5 Å². The third kappa shape index (κ3) is 4.35. The molecule has 0 saturated heterocycles. The summed E-state index contributed by atoms with van der Waals surface area (Å²) in [6, 6.07) is 60.4. The number of fused-ring (bicyclic) bond motifs is 11. The summed E-state index contributed by atoms with van der Waals surface area (Å²) < 4.78 is 9.25. The van der Waals surface area contributed by atoms with Crippen molar-refractivity contribution < 1.29 is 4.42 Å². The van der Waals surface area contributed by atoms with Gasteiger partial charge in [0.05, 0.1) is 0 Å². The molecule has 2 nitrogen and oxygen atoms in total. The second kappa shape index (κ2) is 11.0. The monoisotopic (exact) mass is 699 g/mol. The molecule has 2 aromatic heterocycles. The summed E-state index contributed by atoms with van der Waals surface area (Å²) in [7, 11) is -2.07. The van der Waals surface area contributed by atoms with E-state index in [9.17, 15) is 0 Å². The van der Waals surface area contributed by atoms with Crippen LogP contribution in [-0.4, -0.2) is 8.07 Å². The second-order valence-electron chi connectivity index (χ2n) is 14.5. The number of benzene rings is 8. The summed E-state index contributed by atoms with van der Waals surface area (Å²) in [5, 5.41) is 10.4. The van der Waals surface area contributed by atoms with Gasteiger partial charge >= 0.3 is 0 Å². The summed E-state index contributed by atoms with van der Waals surface area (Å²) in [6.45, 7) is 4.98. The van der Waals surface area contributed by atoms with Crippen LogP contribution < -0.4 is 15.3 Å². The van der Waals surface area contributed by atoms with E-state index in [4.69, 9.17) is 4.42 Å². The van der Waals surface area contributed by atoms with Gasteiger partial charge < -0.3 is 9.32 Å². The number of furan rings is 1. The van der Waals surface area contributed by atoms with Crippen molar-refractivity contribution in [3.8, 4) is 22.3 Å². The molecule has 0 spiro atoms. The first kappa shape index (κ1) is 29.8. The van der Waals surface area contributed by atoms with E-state index < -0.39 is 8.07 Å². The Balaban J connectivity index is 1.12. The van der Waals surface area contributed by atoms with Crippen molar-refractivity contribution in [3.63, 3.8) is 0 Å². The van der Waals surface area contributed by atoms with E-state index in [1.807, 2.05) is 11.3 Å². The highest BCUT2D eigenvalue weighted by molar-refractivity contribution is 7.25. The number of para-hydroxylation sites is 1. The Bertz CT molecular complexity index is 3080. The van der Waals surface area contributed by atoms with Gasteiger partial charge in [-0.25, -0.2) is 0 Å². The van der Waals surface area contributed by atoms with Crippen molar-refractivity contribution in [1.82, 2.24) is 0 Å². The maximum absolute atomic E-state index is 6.62. The van der Waals surface area contributed by atoms with Gasteiger partial charge in [-0.3, -0.25) is 0 Å². The van der Waals surface area contributed by atoms with E-state index in [1.165, 1.54) is 80.0 Å². The zero-order valence-corrected chi connectivity index (χ0v) is 30.7. The molecule has 0 bridgehead atoms. The predicted octanol–water partition coefficient (Wildman–Crippen LogP) is 13.0. The zero-order chi connectivity index (χ0) is 34.6. The van der Waals surface area contributed by atoms with Gasteiger partial charge in [0, 0.05) is 53.6 Å². The van der Waals surface area contributed by atoms with Crippen LogP contribution in [0.2, 0.25) is 13.1 Å². The number of anilines is 3. The molecule has 1 aliphatic heterocycles. The molecule has 0 amide bonds. The Morgan fingerprint density at radius 2 is 1.21 bits per heavy atom. The molecule has 0 aliphatic carbocycles. The fraction of sp³-hybridized carbons (Fsp3) is 0.0417. The Labute approximate surface area is 306 Å². The zero-order valence-electron chi connectivity index (χ0n) is 28.9. The average molecular weight is 700 g/mol. The second-order valence-corrected chi connectivity index (χ2v) is 20.0. The van der Waals surface area contributed by atoms with Gasteiger partial charge in [-0.2, -0.15) is 0 Å². The molecule has 52 heavy (non-hydrogen) atoms. The number of rotatable bonds is 4. The molecule has 0 N–H and O–H groups in total. The third-order valence-electron chi connectivity index (χ3n) is 11.2. The molecule has 1 aliphatic rings. The molecule has 4 heteroatoms. The molecule has 246 valence electrons. The third-order valence-corrected chi connectivity index (χ3v) is 15.9. The number of hydrogen-bond acceptors (Lipinski definition) is 3. The lowest BCUT2D eigenvalue weighted by Gasteiger charge is -2.28. The van der Waals surface area contributed by atoms with E-state index >= 15 is 0 Å². The van der Waals surface area contributed by atoms with Crippen LogP contribution in [0, 0.1) is 0 Å². The van der Waals surface area contributed by atoms with Gasteiger partial charge in [-0.15, -0.1) is 11.3 Å². The maximum Gasteiger partial charge on any atom is 0.143 e. The molecular weight excluding hydrogens is 667 g/mol. The van der Waals surface area contributed by atoms with Crippen LogP contribution in [0.1, 0.15) is 0 Å². The maximum atomic E-state index is 6.62. The fourth-order valence-corrected chi connectivity index (χ4v) is 12.8. The Morgan fingerprint density at radius 1 is 0.481 bits per heavy atom. The minimum atomic E-state index is -2.07. The highest BCUT2D eigenvalue weighted by Crippen LogP contribution is 2.44. The van der Waals surface area contributed by atoms with Crippen molar-refractivity contribution in [2.24, 2.45) is 0 Å². The fourth-order valence-electron chi connectivity index (χ4n) is 8.62. The lowest BCUT2D eigenvalue weighted by Crippen LogP contribution is -2.49. The first-order chi connectivity index (χ1) is 25.5. The van der Waals surface area contributed by atoms with Crippen LogP contribution in [0.15, 0.2) is 168 Å². The Hall–Kier alpha value is -5.94. The molecule has 0 radical (unpaired) electrons. The Morgan fingerprint density at radius 3 is 2.13 bits per heavy atom. The van der Waals surface area contributed by atoms with Crippen LogP contribution in [0.4, 0.5) is 17.1 Å².